The second-order valence-electron chi connectivity index (χ2n) is 6.49. The lowest BCUT2D eigenvalue weighted by atomic mass is 10.1. The Morgan fingerprint density at radius 3 is 2.54 bits per heavy atom. The van der Waals surface area contributed by atoms with Crippen molar-refractivity contribution in [2.24, 2.45) is 0 Å². The van der Waals surface area contributed by atoms with Gasteiger partial charge in [0.25, 0.3) is 0 Å². The SMILES string of the molecule is Cc1ccccc1CN1CCN(c2ccc(Cl)cc2C)C(=O)[C@@H]1C. The van der Waals surface area contributed by atoms with E-state index >= 15 is 0 Å². The fraction of sp³-hybridized carbons (Fsp3) is 0.350. The van der Waals surface area contributed by atoms with Crippen LogP contribution in [0.5, 0.6) is 0 Å². The quantitative estimate of drug-likeness (QED) is 0.834. The predicted molar refractivity (Wildman–Crippen MR) is 99.6 cm³/mol. The van der Waals surface area contributed by atoms with Crippen LogP contribution in [0.1, 0.15) is 23.6 Å². The Labute approximate surface area is 148 Å². The molecule has 1 atom stereocenters. The van der Waals surface area contributed by atoms with Gasteiger partial charge in [0.1, 0.15) is 0 Å². The molecule has 0 unspecified atom stereocenters. The van der Waals surface area contributed by atoms with Gasteiger partial charge in [0.15, 0.2) is 0 Å². The standard InChI is InChI=1S/C20H23ClN2O/c1-14-6-4-5-7-17(14)13-22-10-11-23(20(24)16(22)3)19-9-8-18(21)12-15(19)2/h4-9,12,16H,10-11,13H2,1-3H3/t16-/m0/s1. The van der Waals surface area contributed by atoms with E-state index in [2.05, 4.69) is 36.1 Å². The molecule has 1 heterocycles. The van der Waals surface area contributed by atoms with E-state index in [0.29, 0.717) is 11.6 Å². The van der Waals surface area contributed by atoms with Gasteiger partial charge in [-0.3, -0.25) is 9.69 Å². The Balaban J connectivity index is 1.77. The molecule has 126 valence electrons. The first-order chi connectivity index (χ1) is 11.5. The van der Waals surface area contributed by atoms with Crippen LogP contribution in [0.25, 0.3) is 0 Å². The van der Waals surface area contributed by atoms with Gasteiger partial charge >= 0.3 is 0 Å². The summed E-state index contributed by atoms with van der Waals surface area (Å²) in [6.45, 7) is 8.50. The maximum Gasteiger partial charge on any atom is 0.244 e. The molecule has 24 heavy (non-hydrogen) atoms. The van der Waals surface area contributed by atoms with Crippen LogP contribution in [0.4, 0.5) is 5.69 Å². The van der Waals surface area contributed by atoms with Crippen LogP contribution in [0.3, 0.4) is 0 Å². The van der Waals surface area contributed by atoms with Crippen LogP contribution in [-0.2, 0) is 11.3 Å². The summed E-state index contributed by atoms with van der Waals surface area (Å²) < 4.78 is 0. The van der Waals surface area contributed by atoms with E-state index in [9.17, 15) is 4.79 Å². The summed E-state index contributed by atoms with van der Waals surface area (Å²) in [6, 6.07) is 13.9. The van der Waals surface area contributed by atoms with Crippen LogP contribution in [0.2, 0.25) is 5.02 Å². The number of benzene rings is 2. The molecule has 0 saturated carbocycles. The molecule has 1 amide bonds. The molecule has 1 aliphatic rings. The summed E-state index contributed by atoms with van der Waals surface area (Å²) in [6.07, 6.45) is 0. The van der Waals surface area contributed by atoms with Gasteiger partial charge in [-0.1, -0.05) is 35.9 Å². The molecule has 1 fully saturated rings. The molecule has 0 spiro atoms. The monoisotopic (exact) mass is 342 g/mol. The Morgan fingerprint density at radius 1 is 1.08 bits per heavy atom. The highest BCUT2D eigenvalue weighted by atomic mass is 35.5. The van der Waals surface area contributed by atoms with Crippen molar-refractivity contribution < 1.29 is 4.79 Å². The van der Waals surface area contributed by atoms with Gasteiger partial charge in [-0.15, -0.1) is 0 Å². The number of hydrogen-bond acceptors (Lipinski definition) is 2. The number of nitrogens with zero attached hydrogens (tertiary/aromatic N) is 2. The smallest absolute Gasteiger partial charge is 0.244 e. The third-order valence-electron chi connectivity index (χ3n) is 4.87. The van der Waals surface area contributed by atoms with Crippen LogP contribution in [0.15, 0.2) is 42.5 Å². The van der Waals surface area contributed by atoms with E-state index in [1.807, 2.05) is 36.9 Å². The van der Waals surface area contributed by atoms with Crippen LogP contribution >= 0.6 is 11.6 Å². The average molecular weight is 343 g/mol. The van der Waals surface area contributed by atoms with Crippen molar-refractivity contribution in [3.05, 3.63) is 64.2 Å². The minimum absolute atomic E-state index is 0.131. The summed E-state index contributed by atoms with van der Waals surface area (Å²) in [4.78, 5) is 17.0. The zero-order valence-electron chi connectivity index (χ0n) is 14.4. The Bertz CT molecular complexity index is 759. The summed E-state index contributed by atoms with van der Waals surface area (Å²) in [5, 5.41) is 0.704. The molecule has 0 aromatic heterocycles. The number of rotatable bonds is 3. The number of anilines is 1. The summed E-state index contributed by atoms with van der Waals surface area (Å²) >= 11 is 6.04. The lowest BCUT2D eigenvalue weighted by Crippen LogP contribution is -2.55. The first-order valence-electron chi connectivity index (χ1n) is 8.33. The van der Waals surface area contributed by atoms with Crippen molar-refractivity contribution in [3.8, 4) is 0 Å². The molecule has 3 rings (SSSR count). The molecule has 0 bridgehead atoms. The first kappa shape index (κ1) is 17.0. The molecular weight excluding hydrogens is 320 g/mol. The minimum Gasteiger partial charge on any atom is -0.310 e. The fourth-order valence-electron chi connectivity index (χ4n) is 3.30. The van der Waals surface area contributed by atoms with Gasteiger partial charge in [0.05, 0.1) is 6.04 Å². The number of carbonyl (C=O) groups excluding carboxylic acids is 1. The molecule has 3 nitrogen and oxygen atoms in total. The van der Waals surface area contributed by atoms with E-state index < -0.39 is 0 Å². The van der Waals surface area contributed by atoms with Crippen LogP contribution < -0.4 is 4.90 Å². The van der Waals surface area contributed by atoms with Crippen LogP contribution in [-0.4, -0.2) is 29.9 Å². The van der Waals surface area contributed by atoms with Crippen molar-refractivity contribution in [2.45, 2.75) is 33.4 Å². The number of aryl methyl sites for hydroxylation is 2. The predicted octanol–water partition coefficient (Wildman–Crippen LogP) is 4.19. The van der Waals surface area contributed by atoms with Crippen molar-refractivity contribution in [2.75, 3.05) is 18.0 Å². The number of hydrogen-bond donors (Lipinski definition) is 0. The van der Waals surface area contributed by atoms with Crippen molar-refractivity contribution >= 4 is 23.2 Å². The Morgan fingerprint density at radius 2 is 1.83 bits per heavy atom. The lowest BCUT2D eigenvalue weighted by molar-refractivity contribution is -0.125. The molecule has 1 aliphatic heterocycles. The van der Waals surface area contributed by atoms with E-state index in [1.165, 1.54) is 11.1 Å². The molecule has 2 aromatic rings. The van der Waals surface area contributed by atoms with Gasteiger partial charge in [0, 0.05) is 30.3 Å². The van der Waals surface area contributed by atoms with E-state index in [-0.39, 0.29) is 11.9 Å². The number of halogens is 1. The molecular formula is C20H23ClN2O. The second-order valence-corrected chi connectivity index (χ2v) is 6.93. The van der Waals surface area contributed by atoms with Gasteiger partial charge in [0.2, 0.25) is 5.91 Å². The highest BCUT2D eigenvalue weighted by molar-refractivity contribution is 6.30. The summed E-state index contributed by atoms with van der Waals surface area (Å²) in [5.41, 5.74) is 4.56. The highest BCUT2D eigenvalue weighted by Gasteiger charge is 2.32. The van der Waals surface area contributed by atoms with Gasteiger partial charge in [-0.25, -0.2) is 0 Å². The Hall–Kier alpha value is -1.84. The maximum absolute atomic E-state index is 12.9. The van der Waals surface area contributed by atoms with Crippen molar-refractivity contribution in [1.82, 2.24) is 4.90 Å². The molecule has 0 N–H and O–H groups in total. The lowest BCUT2D eigenvalue weighted by Gasteiger charge is -2.39. The molecule has 1 saturated heterocycles. The molecule has 0 radical (unpaired) electrons. The van der Waals surface area contributed by atoms with Crippen molar-refractivity contribution in [1.29, 1.82) is 0 Å². The number of piperazine rings is 1. The molecule has 0 aliphatic carbocycles. The van der Waals surface area contributed by atoms with Gasteiger partial charge in [-0.2, -0.15) is 0 Å². The fourth-order valence-corrected chi connectivity index (χ4v) is 3.52. The largest absolute Gasteiger partial charge is 0.310 e. The number of carbonyl (C=O) groups is 1. The first-order valence-corrected chi connectivity index (χ1v) is 8.71. The third kappa shape index (κ3) is 3.33. The average Bonchev–Trinajstić information content (AvgIpc) is 2.55. The third-order valence-corrected chi connectivity index (χ3v) is 5.10. The zero-order chi connectivity index (χ0) is 17.3. The normalized spacial score (nSPS) is 18.9. The van der Waals surface area contributed by atoms with Crippen molar-refractivity contribution in [3.63, 3.8) is 0 Å². The topological polar surface area (TPSA) is 23.6 Å². The van der Waals surface area contributed by atoms with Crippen LogP contribution in [0, 0.1) is 13.8 Å². The number of amides is 1. The maximum atomic E-state index is 12.9. The molecule has 2 aromatic carbocycles. The summed E-state index contributed by atoms with van der Waals surface area (Å²) in [5.74, 6) is 0.153. The van der Waals surface area contributed by atoms with E-state index in [1.54, 1.807) is 0 Å². The molecule has 4 heteroatoms. The minimum atomic E-state index is -0.131. The Kier molecular flexibility index (Phi) is 4.93. The summed E-state index contributed by atoms with van der Waals surface area (Å²) in [7, 11) is 0. The van der Waals surface area contributed by atoms with E-state index in [0.717, 1.165) is 24.3 Å². The second kappa shape index (κ2) is 6.96. The highest BCUT2D eigenvalue weighted by Crippen LogP contribution is 2.27. The van der Waals surface area contributed by atoms with E-state index in [4.69, 9.17) is 11.6 Å². The van der Waals surface area contributed by atoms with Gasteiger partial charge < -0.3 is 4.90 Å². The van der Waals surface area contributed by atoms with Gasteiger partial charge in [-0.05, 0) is 55.7 Å². The zero-order valence-corrected chi connectivity index (χ0v) is 15.2.